The first-order valence-corrected chi connectivity index (χ1v) is 7.17. The Morgan fingerprint density at radius 3 is 2.81 bits per heavy atom. The summed E-state index contributed by atoms with van der Waals surface area (Å²) in [5, 5.41) is 10.3. The molecule has 0 spiro atoms. The highest BCUT2D eigenvalue weighted by Gasteiger charge is 2.23. The summed E-state index contributed by atoms with van der Waals surface area (Å²) in [7, 11) is 0. The van der Waals surface area contributed by atoms with Gasteiger partial charge in [-0.15, -0.1) is 0 Å². The van der Waals surface area contributed by atoms with Crippen molar-refractivity contribution in [1.82, 2.24) is 4.90 Å². The minimum atomic E-state index is -0.746. The molecule has 1 amide bonds. The van der Waals surface area contributed by atoms with Crippen molar-refractivity contribution < 1.29 is 24.1 Å². The summed E-state index contributed by atoms with van der Waals surface area (Å²) in [6, 6.07) is 5.40. The molecule has 2 aliphatic rings. The maximum Gasteiger partial charge on any atom is 0.248 e. The van der Waals surface area contributed by atoms with E-state index in [9.17, 15) is 9.90 Å². The molecule has 1 unspecified atom stereocenters. The first-order chi connectivity index (χ1) is 10.2. The number of benzene rings is 1. The molecular formula is C15H19NO5. The molecule has 3 rings (SSSR count). The van der Waals surface area contributed by atoms with Crippen molar-refractivity contribution in [1.29, 1.82) is 0 Å². The van der Waals surface area contributed by atoms with Gasteiger partial charge in [0.2, 0.25) is 5.91 Å². The molecule has 0 bridgehead atoms. The van der Waals surface area contributed by atoms with Crippen molar-refractivity contribution >= 4 is 5.91 Å². The number of hydrogen-bond donors (Lipinski definition) is 1. The third-order valence-electron chi connectivity index (χ3n) is 3.63. The van der Waals surface area contributed by atoms with Crippen molar-refractivity contribution in [3.63, 3.8) is 0 Å². The van der Waals surface area contributed by atoms with Crippen LogP contribution in [0.25, 0.3) is 0 Å². The van der Waals surface area contributed by atoms with Crippen LogP contribution in [0, 0.1) is 0 Å². The van der Waals surface area contributed by atoms with Gasteiger partial charge in [0.25, 0.3) is 0 Å². The van der Waals surface area contributed by atoms with E-state index in [1.54, 1.807) is 17.0 Å². The topological polar surface area (TPSA) is 68.2 Å². The van der Waals surface area contributed by atoms with Crippen molar-refractivity contribution in [3.8, 4) is 11.5 Å². The molecule has 21 heavy (non-hydrogen) atoms. The van der Waals surface area contributed by atoms with Crippen molar-refractivity contribution in [3.05, 3.63) is 23.8 Å². The van der Waals surface area contributed by atoms with Crippen LogP contribution in [0.5, 0.6) is 11.5 Å². The maximum atomic E-state index is 11.7. The van der Waals surface area contributed by atoms with Crippen LogP contribution in [0.15, 0.2) is 18.2 Å². The van der Waals surface area contributed by atoms with Gasteiger partial charge in [0.1, 0.15) is 6.61 Å². The lowest BCUT2D eigenvalue weighted by atomic mass is 10.1. The molecule has 1 atom stereocenters. The van der Waals surface area contributed by atoms with Crippen LogP contribution in [0.2, 0.25) is 0 Å². The van der Waals surface area contributed by atoms with E-state index < -0.39 is 6.10 Å². The molecule has 1 saturated heterocycles. The van der Waals surface area contributed by atoms with Crippen LogP contribution in [0.1, 0.15) is 18.1 Å². The fourth-order valence-electron chi connectivity index (χ4n) is 2.44. The summed E-state index contributed by atoms with van der Waals surface area (Å²) in [6.45, 7) is 2.63. The Hall–Kier alpha value is -1.79. The van der Waals surface area contributed by atoms with Gasteiger partial charge < -0.3 is 24.2 Å². The van der Waals surface area contributed by atoms with Crippen molar-refractivity contribution in [2.45, 2.75) is 12.5 Å². The number of β-amino-alcohol motifs (C(OH)–C–C–N with tert-alkyl or cyclic N) is 1. The highest BCUT2D eigenvalue weighted by molar-refractivity contribution is 5.78. The Morgan fingerprint density at radius 2 is 2.00 bits per heavy atom. The zero-order valence-electron chi connectivity index (χ0n) is 11.8. The third-order valence-corrected chi connectivity index (χ3v) is 3.63. The summed E-state index contributed by atoms with van der Waals surface area (Å²) >= 11 is 0. The number of amides is 1. The van der Waals surface area contributed by atoms with E-state index in [-0.39, 0.29) is 19.1 Å². The second-order valence-electron chi connectivity index (χ2n) is 5.16. The predicted molar refractivity (Wildman–Crippen MR) is 74.4 cm³/mol. The van der Waals surface area contributed by atoms with Gasteiger partial charge in [-0.1, -0.05) is 6.07 Å². The van der Waals surface area contributed by atoms with Crippen LogP contribution in [0.3, 0.4) is 0 Å². The van der Waals surface area contributed by atoms with Gasteiger partial charge in [-0.2, -0.15) is 0 Å². The molecular weight excluding hydrogens is 274 g/mol. The molecule has 0 aliphatic carbocycles. The minimum absolute atomic E-state index is 0.0883. The van der Waals surface area contributed by atoms with Crippen LogP contribution in [0.4, 0.5) is 0 Å². The first-order valence-electron chi connectivity index (χ1n) is 7.17. The number of fused-ring (bicyclic) bond motifs is 1. The fourth-order valence-corrected chi connectivity index (χ4v) is 2.44. The number of rotatable bonds is 3. The SMILES string of the molecule is O=C1COCCN1CC(O)c1ccc2c(c1)OCCCO2. The molecule has 2 heterocycles. The standard InChI is InChI=1S/C15H19NO5/c17-12(9-16-4-7-19-10-15(16)18)11-2-3-13-14(8-11)21-6-1-5-20-13/h2-3,8,12,17H,1,4-7,9-10H2. The summed E-state index contributed by atoms with van der Waals surface area (Å²) in [6.07, 6.45) is 0.0960. The lowest BCUT2D eigenvalue weighted by Crippen LogP contribution is -2.43. The van der Waals surface area contributed by atoms with Crippen LogP contribution in [-0.2, 0) is 9.53 Å². The van der Waals surface area contributed by atoms with Crippen molar-refractivity contribution in [2.24, 2.45) is 0 Å². The van der Waals surface area contributed by atoms with Gasteiger partial charge in [0.05, 0.1) is 32.5 Å². The van der Waals surface area contributed by atoms with Gasteiger partial charge in [-0.05, 0) is 17.7 Å². The zero-order chi connectivity index (χ0) is 14.7. The lowest BCUT2D eigenvalue weighted by molar-refractivity contribution is -0.144. The van der Waals surface area contributed by atoms with Gasteiger partial charge in [-0.3, -0.25) is 4.79 Å². The van der Waals surface area contributed by atoms with Crippen LogP contribution in [-0.4, -0.2) is 55.4 Å². The summed E-state index contributed by atoms with van der Waals surface area (Å²) in [5.74, 6) is 1.26. The summed E-state index contributed by atoms with van der Waals surface area (Å²) in [4.78, 5) is 13.3. The molecule has 1 aromatic rings. The van der Waals surface area contributed by atoms with E-state index in [0.29, 0.717) is 37.9 Å². The Morgan fingerprint density at radius 1 is 1.19 bits per heavy atom. The second kappa shape index (κ2) is 6.32. The van der Waals surface area contributed by atoms with Crippen LogP contribution >= 0.6 is 0 Å². The second-order valence-corrected chi connectivity index (χ2v) is 5.16. The average molecular weight is 293 g/mol. The van der Waals surface area contributed by atoms with Gasteiger partial charge in [0, 0.05) is 13.0 Å². The molecule has 6 nitrogen and oxygen atoms in total. The number of morpholine rings is 1. The maximum absolute atomic E-state index is 11.7. The first kappa shape index (κ1) is 14.2. The fraction of sp³-hybridized carbons (Fsp3) is 0.533. The smallest absolute Gasteiger partial charge is 0.248 e. The largest absolute Gasteiger partial charge is 0.490 e. The zero-order valence-corrected chi connectivity index (χ0v) is 11.8. The molecule has 0 radical (unpaired) electrons. The number of carbonyl (C=O) groups excluding carboxylic acids is 1. The minimum Gasteiger partial charge on any atom is -0.490 e. The molecule has 1 fully saturated rings. The number of nitrogens with zero attached hydrogens (tertiary/aromatic N) is 1. The van der Waals surface area contributed by atoms with Gasteiger partial charge in [0.15, 0.2) is 11.5 Å². The Kier molecular flexibility index (Phi) is 4.26. The average Bonchev–Trinajstić information content (AvgIpc) is 2.74. The van der Waals surface area contributed by atoms with E-state index in [4.69, 9.17) is 14.2 Å². The molecule has 2 aliphatic heterocycles. The number of aliphatic hydroxyl groups excluding tert-OH is 1. The number of aliphatic hydroxyl groups is 1. The van der Waals surface area contributed by atoms with E-state index in [1.165, 1.54) is 0 Å². The third kappa shape index (κ3) is 3.28. The predicted octanol–water partition coefficient (Wildman–Crippen LogP) is 0.740. The highest BCUT2D eigenvalue weighted by Crippen LogP contribution is 2.32. The molecule has 114 valence electrons. The molecule has 1 N–H and O–H groups in total. The van der Waals surface area contributed by atoms with Gasteiger partial charge >= 0.3 is 0 Å². The highest BCUT2D eigenvalue weighted by atomic mass is 16.5. The number of hydrogen-bond acceptors (Lipinski definition) is 5. The Balaban J connectivity index is 1.70. The Bertz CT molecular complexity index is 519. The number of carbonyl (C=O) groups is 1. The summed E-state index contributed by atoms with van der Waals surface area (Å²) in [5.41, 5.74) is 0.721. The quantitative estimate of drug-likeness (QED) is 0.890. The normalized spacial score (nSPS) is 20.0. The lowest BCUT2D eigenvalue weighted by Gasteiger charge is -2.29. The monoisotopic (exact) mass is 293 g/mol. The molecule has 6 heteroatoms. The van der Waals surface area contributed by atoms with Crippen molar-refractivity contribution in [2.75, 3.05) is 39.5 Å². The van der Waals surface area contributed by atoms with E-state index in [0.717, 1.165) is 12.0 Å². The molecule has 0 saturated carbocycles. The van der Waals surface area contributed by atoms with Crippen LogP contribution < -0.4 is 9.47 Å². The molecule has 1 aromatic carbocycles. The number of ether oxygens (including phenoxy) is 3. The molecule has 0 aromatic heterocycles. The van der Waals surface area contributed by atoms with E-state index in [2.05, 4.69) is 0 Å². The summed E-state index contributed by atoms with van der Waals surface area (Å²) < 4.78 is 16.3. The Labute approximate surface area is 123 Å². The van der Waals surface area contributed by atoms with Gasteiger partial charge in [-0.25, -0.2) is 0 Å². The van der Waals surface area contributed by atoms with E-state index >= 15 is 0 Å². The van der Waals surface area contributed by atoms with E-state index in [1.807, 2.05) is 6.07 Å².